The predicted molar refractivity (Wildman–Crippen MR) is 56.9 cm³/mol. The van der Waals surface area contributed by atoms with Crippen molar-refractivity contribution >= 4 is 34.8 Å². The van der Waals surface area contributed by atoms with E-state index in [-0.39, 0.29) is 5.78 Å². The zero-order valence-corrected chi connectivity index (χ0v) is 8.65. The summed E-state index contributed by atoms with van der Waals surface area (Å²) in [5, 5.41) is 0.949. The van der Waals surface area contributed by atoms with Crippen LogP contribution in [0, 0.1) is 0 Å². The van der Waals surface area contributed by atoms with Gasteiger partial charge in [0.2, 0.25) is 6.41 Å². The molecule has 0 aliphatic heterocycles. The molecule has 0 bridgehead atoms. The fourth-order valence-electron chi connectivity index (χ4n) is 1.48. The normalized spacial score (nSPS) is 10.5. The summed E-state index contributed by atoms with van der Waals surface area (Å²) >= 11 is 5.96. The number of hydrogen-bond donors (Lipinski definition) is 0. The predicted octanol–water partition coefficient (Wildman–Crippen LogP) is 1.93. The molecule has 4 nitrogen and oxygen atoms in total. The van der Waals surface area contributed by atoms with Crippen molar-refractivity contribution < 1.29 is 9.59 Å². The van der Waals surface area contributed by atoms with E-state index in [1.54, 1.807) is 6.07 Å². The molecular weight excluding hydrogens is 216 g/mol. The Labute approximate surface area is 90.5 Å². The summed E-state index contributed by atoms with van der Waals surface area (Å²) in [6, 6.07) is 1.59. The Morgan fingerprint density at radius 1 is 1.60 bits per heavy atom. The Morgan fingerprint density at radius 3 is 2.93 bits per heavy atom. The molecule has 5 heteroatoms. The molecule has 0 aliphatic rings. The lowest BCUT2D eigenvalue weighted by molar-refractivity contribution is 0.101. The summed E-state index contributed by atoms with van der Waals surface area (Å²) in [6.45, 7) is 1.42. The van der Waals surface area contributed by atoms with Gasteiger partial charge < -0.3 is 0 Å². The molecule has 2 aromatic heterocycles. The largest absolute Gasteiger partial charge is 0.294 e. The van der Waals surface area contributed by atoms with E-state index in [9.17, 15) is 9.59 Å². The Bertz CT molecular complexity index is 560. The number of halogens is 1. The second kappa shape index (κ2) is 3.47. The highest BCUT2D eigenvalue weighted by molar-refractivity contribution is 6.36. The van der Waals surface area contributed by atoms with Gasteiger partial charge >= 0.3 is 0 Å². The molecular formula is C10H7ClN2O2. The maximum atomic E-state index is 11.3. The summed E-state index contributed by atoms with van der Waals surface area (Å²) < 4.78 is 1.25. The van der Waals surface area contributed by atoms with Gasteiger partial charge in [-0.25, -0.2) is 4.98 Å². The molecule has 2 rings (SSSR count). The van der Waals surface area contributed by atoms with Gasteiger partial charge in [0.15, 0.2) is 5.78 Å². The Balaban J connectivity index is 2.94. The number of Topliss-reactive ketones (excluding diaryl/α,β-unsaturated/α-hetero) is 1. The average molecular weight is 223 g/mol. The van der Waals surface area contributed by atoms with E-state index in [0.717, 1.165) is 0 Å². The smallest absolute Gasteiger partial charge is 0.219 e. The zero-order chi connectivity index (χ0) is 11.0. The third-order valence-corrected chi connectivity index (χ3v) is 2.47. The monoisotopic (exact) mass is 222 g/mol. The van der Waals surface area contributed by atoms with Crippen molar-refractivity contribution in [1.29, 1.82) is 0 Å². The van der Waals surface area contributed by atoms with Gasteiger partial charge in [0, 0.05) is 23.3 Å². The highest BCUT2D eigenvalue weighted by Gasteiger charge is 2.15. The molecule has 0 spiro atoms. The first-order valence-electron chi connectivity index (χ1n) is 4.26. The topological polar surface area (TPSA) is 52.0 Å². The van der Waals surface area contributed by atoms with Gasteiger partial charge in [-0.3, -0.25) is 14.2 Å². The first-order valence-corrected chi connectivity index (χ1v) is 4.64. The molecule has 76 valence electrons. The molecule has 0 saturated carbocycles. The van der Waals surface area contributed by atoms with Crippen LogP contribution >= 0.6 is 11.6 Å². The van der Waals surface area contributed by atoms with E-state index >= 15 is 0 Å². The van der Waals surface area contributed by atoms with E-state index in [0.29, 0.717) is 28.0 Å². The fraction of sp³-hybridized carbons (Fsp3) is 0.100. The lowest BCUT2D eigenvalue weighted by Crippen LogP contribution is -1.93. The van der Waals surface area contributed by atoms with Crippen molar-refractivity contribution in [3.05, 3.63) is 29.0 Å². The van der Waals surface area contributed by atoms with Gasteiger partial charge in [0.25, 0.3) is 0 Å². The van der Waals surface area contributed by atoms with Crippen LogP contribution < -0.4 is 0 Å². The molecule has 0 radical (unpaired) electrons. The number of hydrogen-bond acceptors (Lipinski definition) is 3. The van der Waals surface area contributed by atoms with Crippen LogP contribution in [0.25, 0.3) is 11.0 Å². The second-order valence-electron chi connectivity index (χ2n) is 3.10. The third-order valence-electron chi connectivity index (χ3n) is 2.16. The Morgan fingerprint density at radius 2 is 2.33 bits per heavy atom. The SMILES string of the molecule is CC(=O)c1cn(C=O)c2nccc(Cl)c12. The van der Waals surface area contributed by atoms with Crippen molar-refractivity contribution in [1.82, 2.24) is 9.55 Å². The second-order valence-corrected chi connectivity index (χ2v) is 3.51. The van der Waals surface area contributed by atoms with Gasteiger partial charge in [-0.05, 0) is 13.0 Å². The summed E-state index contributed by atoms with van der Waals surface area (Å²) in [5.41, 5.74) is 0.818. The summed E-state index contributed by atoms with van der Waals surface area (Å²) in [7, 11) is 0. The number of carbonyl (C=O) groups excluding carboxylic acids is 2. The maximum absolute atomic E-state index is 11.3. The number of nitrogens with zero attached hydrogens (tertiary/aromatic N) is 2. The summed E-state index contributed by atoms with van der Waals surface area (Å²) in [4.78, 5) is 26.1. The van der Waals surface area contributed by atoms with E-state index < -0.39 is 0 Å². The fourth-order valence-corrected chi connectivity index (χ4v) is 1.73. The van der Waals surface area contributed by atoms with Gasteiger partial charge in [0.1, 0.15) is 5.65 Å². The van der Waals surface area contributed by atoms with Crippen LogP contribution in [0.1, 0.15) is 17.3 Å². The number of fused-ring (bicyclic) bond motifs is 1. The molecule has 0 aromatic carbocycles. The quantitative estimate of drug-likeness (QED) is 0.576. The zero-order valence-electron chi connectivity index (χ0n) is 7.90. The highest BCUT2D eigenvalue weighted by atomic mass is 35.5. The third kappa shape index (κ3) is 1.43. The van der Waals surface area contributed by atoms with Crippen molar-refractivity contribution in [3.8, 4) is 0 Å². The maximum Gasteiger partial charge on any atom is 0.219 e. The molecule has 0 amide bonds. The van der Waals surface area contributed by atoms with Crippen molar-refractivity contribution in [2.75, 3.05) is 0 Å². The first-order chi connectivity index (χ1) is 7.15. The van der Waals surface area contributed by atoms with Crippen LogP contribution in [0.4, 0.5) is 0 Å². The van der Waals surface area contributed by atoms with Crippen molar-refractivity contribution in [3.63, 3.8) is 0 Å². The van der Waals surface area contributed by atoms with Crippen LogP contribution in [0.5, 0.6) is 0 Å². The Kier molecular flexibility index (Phi) is 2.28. The van der Waals surface area contributed by atoms with Gasteiger partial charge in [-0.2, -0.15) is 0 Å². The van der Waals surface area contributed by atoms with E-state index in [1.807, 2.05) is 0 Å². The lowest BCUT2D eigenvalue weighted by Gasteiger charge is -1.95. The molecule has 0 N–H and O–H groups in total. The van der Waals surface area contributed by atoms with Gasteiger partial charge in [0.05, 0.1) is 5.02 Å². The molecule has 0 fully saturated rings. The molecule has 15 heavy (non-hydrogen) atoms. The summed E-state index contributed by atoms with van der Waals surface area (Å²) in [6.07, 6.45) is 3.53. The first kappa shape index (κ1) is 9.86. The number of pyridine rings is 1. The number of aromatic nitrogens is 2. The lowest BCUT2D eigenvalue weighted by atomic mass is 10.1. The molecule has 0 unspecified atom stereocenters. The average Bonchev–Trinajstić information content (AvgIpc) is 2.58. The van der Waals surface area contributed by atoms with E-state index in [2.05, 4.69) is 4.98 Å². The minimum atomic E-state index is -0.143. The molecule has 2 heterocycles. The van der Waals surface area contributed by atoms with Crippen LogP contribution in [-0.4, -0.2) is 21.7 Å². The number of rotatable bonds is 2. The van der Waals surface area contributed by atoms with Crippen LogP contribution in [0.3, 0.4) is 0 Å². The molecule has 0 aliphatic carbocycles. The van der Waals surface area contributed by atoms with Gasteiger partial charge in [-0.15, -0.1) is 0 Å². The van der Waals surface area contributed by atoms with Crippen LogP contribution in [0.2, 0.25) is 5.02 Å². The van der Waals surface area contributed by atoms with E-state index in [4.69, 9.17) is 11.6 Å². The standard InChI is InChI=1S/C10H7ClN2O2/c1-6(15)7-4-13(5-14)10-9(7)8(11)2-3-12-10/h2-5H,1H3. The highest BCUT2D eigenvalue weighted by Crippen LogP contribution is 2.26. The molecule has 2 aromatic rings. The minimum absolute atomic E-state index is 0.143. The molecule has 0 atom stereocenters. The Hall–Kier alpha value is -1.68. The minimum Gasteiger partial charge on any atom is -0.294 e. The van der Waals surface area contributed by atoms with Gasteiger partial charge in [-0.1, -0.05) is 11.6 Å². The van der Waals surface area contributed by atoms with Crippen LogP contribution in [0.15, 0.2) is 18.5 Å². The van der Waals surface area contributed by atoms with E-state index in [1.165, 1.54) is 23.9 Å². The number of ketones is 1. The summed E-state index contributed by atoms with van der Waals surface area (Å²) in [5.74, 6) is -0.143. The number of carbonyl (C=O) groups is 2. The van der Waals surface area contributed by atoms with Crippen molar-refractivity contribution in [2.24, 2.45) is 0 Å². The molecule has 0 saturated heterocycles. The van der Waals surface area contributed by atoms with Crippen molar-refractivity contribution in [2.45, 2.75) is 6.92 Å². The van der Waals surface area contributed by atoms with Crippen LogP contribution in [-0.2, 0) is 4.79 Å².